The highest BCUT2D eigenvalue weighted by molar-refractivity contribution is 5.17. The molecule has 1 aromatic heterocycles. The third-order valence-corrected chi connectivity index (χ3v) is 4.67. The van der Waals surface area contributed by atoms with E-state index in [4.69, 9.17) is 0 Å². The molecule has 0 bridgehead atoms. The zero-order valence-corrected chi connectivity index (χ0v) is 13.2. The lowest BCUT2D eigenvalue weighted by atomic mass is 9.91. The Morgan fingerprint density at radius 1 is 1.32 bits per heavy atom. The van der Waals surface area contributed by atoms with Crippen molar-refractivity contribution < 1.29 is 4.39 Å². The van der Waals surface area contributed by atoms with Crippen LogP contribution < -0.4 is 0 Å². The highest BCUT2D eigenvalue weighted by atomic mass is 19.1. The average Bonchev–Trinajstić information content (AvgIpc) is 2.92. The van der Waals surface area contributed by atoms with E-state index in [0.717, 1.165) is 43.9 Å². The van der Waals surface area contributed by atoms with Crippen molar-refractivity contribution in [3.05, 3.63) is 53.9 Å². The summed E-state index contributed by atoms with van der Waals surface area (Å²) in [5, 5.41) is 0. The van der Waals surface area contributed by atoms with Crippen LogP contribution in [0.1, 0.15) is 30.7 Å². The number of imidazole rings is 1. The van der Waals surface area contributed by atoms with Gasteiger partial charge in [0.15, 0.2) is 0 Å². The van der Waals surface area contributed by atoms with Gasteiger partial charge in [-0.3, -0.25) is 4.90 Å². The number of aromatic nitrogens is 2. The Hall–Kier alpha value is -1.68. The first-order valence-electron chi connectivity index (χ1n) is 8.14. The molecule has 3 nitrogen and oxygen atoms in total. The molecule has 0 amide bonds. The van der Waals surface area contributed by atoms with E-state index in [2.05, 4.69) is 14.5 Å². The molecular weight excluding hydrogens is 277 g/mol. The van der Waals surface area contributed by atoms with E-state index in [1.807, 2.05) is 31.6 Å². The van der Waals surface area contributed by atoms with Gasteiger partial charge in [-0.25, -0.2) is 9.37 Å². The van der Waals surface area contributed by atoms with Gasteiger partial charge in [-0.05, 0) is 49.8 Å². The van der Waals surface area contributed by atoms with Crippen LogP contribution in [-0.2, 0) is 20.0 Å². The zero-order chi connectivity index (χ0) is 15.4. The maximum atomic E-state index is 13.7. The fourth-order valence-corrected chi connectivity index (χ4v) is 3.34. The summed E-state index contributed by atoms with van der Waals surface area (Å²) in [6.07, 6.45) is 8.24. The Morgan fingerprint density at radius 3 is 2.95 bits per heavy atom. The second-order valence-electron chi connectivity index (χ2n) is 6.33. The van der Waals surface area contributed by atoms with Gasteiger partial charge in [0.25, 0.3) is 0 Å². The average molecular weight is 301 g/mol. The molecule has 2 heterocycles. The van der Waals surface area contributed by atoms with Gasteiger partial charge in [-0.2, -0.15) is 0 Å². The fourth-order valence-electron chi connectivity index (χ4n) is 3.34. The minimum atomic E-state index is -0.0665. The largest absolute Gasteiger partial charge is 0.337 e. The van der Waals surface area contributed by atoms with Gasteiger partial charge in [-0.1, -0.05) is 18.2 Å². The van der Waals surface area contributed by atoms with Gasteiger partial charge < -0.3 is 4.57 Å². The van der Waals surface area contributed by atoms with Crippen molar-refractivity contribution in [3.63, 3.8) is 0 Å². The van der Waals surface area contributed by atoms with Gasteiger partial charge >= 0.3 is 0 Å². The third kappa shape index (κ3) is 3.74. The molecule has 1 atom stereocenters. The summed E-state index contributed by atoms with van der Waals surface area (Å²) in [7, 11) is 2.04. The van der Waals surface area contributed by atoms with Crippen molar-refractivity contribution >= 4 is 0 Å². The molecule has 0 radical (unpaired) electrons. The highest BCUT2D eigenvalue weighted by Gasteiger charge is 2.21. The lowest BCUT2D eigenvalue weighted by Gasteiger charge is -2.32. The van der Waals surface area contributed by atoms with Crippen LogP contribution in [-0.4, -0.2) is 27.5 Å². The standard InChI is InChI=1S/C18H24FN3/c1-21-12-10-20-18(21)14-22-11-4-5-15(13-22)8-9-16-6-2-3-7-17(16)19/h2-3,6-7,10,12,15H,4-5,8-9,11,13-14H2,1H3/t15-/m1/s1. The number of hydrogen-bond acceptors (Lipinski definition) is 2. The number of halogens is 1. The molecule has 0 N–H and O–H groups in total. The van der Waals surface area contributed by atoms with Crippen LogP contribution in [0.3, 0.4) is 0 Å². The quantitative estimate of drug-likeness (QED) is 0.844. The molecule has 1 fully saturated rings. The van der Waals surface area contributed by atoms with Crippen LogP contribution in [0.5, 0.6) is 0 Å². The Morgan fingerprint density at radius 2 is 2.18 bits per heavy atom. The number of hydrogen-bond donors (Lipinski definition) is 0. The van der Waals surface area contributed by atoms with Gasteiger partial charge in [0.2, 0.25) is 0 Å². The summed E-state index contributed by atoms with van der Waals surface area (Å²) in [5.74, 6) is 1.71. The SMILES string of the molecule is Cn1ccnc1CN1CCC[C@H](CCc2ccccc2F)C1. The van der Waals surface area contributed by atoms with Crippen molar-refractivity contribution in [2.75, 3.05) is 13.1 Å². The number of piperidine rings is 1. The second kappa shape index (κ2) is 7.05. The number of rotatable bonds is 5. The molecule has 0 unspecified atom stereocenters. The monoisotopic (exact) mass is 301 g/mol. The Labute approximate surface area is 131 Å². The summed E-state index contributed by atoms with van der Waals surface area (Å²) in [4.78, 5) is 6.90. The molecule has 1 aromatic carbocycles. The molecule has 0 spiro atoms. The zero-order valence-electron chi connectivity index (χ0n) is 13.2. The number of aryl methyl sites for hydroxylation is 2. The van der Waals surface area contributed by atoms with Crippen molar-refractivity contribution in [1.82, 2.24) is 14.5 Å². The number of likely N-dealkylation sites (tertiary alicyclic amines) is 1. The molecule has 22 heavy (non-hydrogen) atoms. The summed E-state index contributed by atoms with van der Waals surface area (Å²) in [6, 6.07) is 7.15. The Balaban J connectivity index is 1.52. The van der Waals surface area contributed by atoms with E-state index < -0.39 is 0 Å². The van der Waals surface area contributed by atoms with E-state index in [1.165, 1.54) is 12.8 Å². The van der Waals surface area contributed by atoms with Crippen LogP contribution in [0.15, 0.2) is 36.7 Å². The van der Waals surface area contributed by atoms with E-state index in [-0.39, 0.29) is 5.82 Å². The number of benzene rings is 1. The first-order valence-corrected chi connectivity index (χ1v) is 8.14. The van der Waals surface area contributed by atoms with Gasteiger partial charge in [0.05, 0.1) is 6.54 Å². The van der Waals surface area contributed by atoms with E-state index >= 15 is 0 Å². The first-order chi connectivity index (χ1) is 10.7. The van der Waals surface area contributed by atoms with E-state index in [0.29, 0.717) is 5.92 Å². The maximum absolute atomic E-state index is 13.7. The Bertz CT molecular complexity index is 608. The molecule has 3 rings (SSSR count). The topological polar surface area (TPSA) is 21.1 Å². The predicted octanol–water partition coefficient (Wildman–Crippen LogP) is 3.40. The van der Waals surface area contributed by atoms with E-state index in [9.17, 15) is 4.39 Å². The molecule has 118 valence electrons. The minimum absolute atomic E-state index is 0.0665. The maximum Gasteiger partial charge on any atom is 0.126 e. The molecule has 1 aliphatic rings. The van der Waals surface area contributed by atoms with Crippen molar-refractivity contribution in [2.24, 2.45) is 13.0 Å². The lowest BCUT2D eigenvalue weighted by Crippen LogP contribution is -2.35. The molecule has 1 saturated heterocycles. The predicted molar refractivity (Wildman–Crippen MR) is 85.9 cm³/mol. The van der Waals surface area contributed by atoms with Crippen molar-refractivity contribution in [3.8, 4) is 0 Å². The van der Waals surface area contributed by atoms with Gasteiger partial charge in [-0.15, -0.1) is 0 Å². The molecule has 0 saturated carbocycles. The summed E-state index contributed by atoms with van der Waals surface area (Å²) in [5.41, 5.74) is 0.851. The van der Waals surface area contributed by atoms with E-state index in [1.54, 1.807) is 12.1 Å². The summed E-state index contributed by atoms with van der Waals surface area (Å²) < 4.78 is 15.8. The number of nitrogens with zero attached hydrogens (tertiary/aromatic N) is 3. The highest BCUT2D eigenvalue weighted by Crippen LogP contribution is 2.23. The minimum Gasteiger partial charge on any atom is -0.337 e. The Kier molecular flexibility index (Phi) is 4.88. The first kappa shape index (κ1) is 15.2. The summed E-state index contributed by atoms with van der Waals surface area (Å²) >= 11 is 0. The molecule has 1 aliphatic heterocycles. The van der Waals surface area contributed by atoms with Crippen LogP contribution in [0.25, 0.3) is 0 Å². The van der Waals surface area contributed by atoms with Gasteiger partial charge in [0.1, 0.15) is 11.6 Å². The van der Waals surface area contributed by atoms with Crippen LogP contribution in [0.4, 0.5) is 4.39 Å². The normalized spacial score (nSPS) is 19.5. The second-order valence-corrected chi connectivity index (χ2v) is 6.33. The van der Waals surface area contributed by atoms with Gasteiger partial charge in [0, 0.05) is 26.0 Å². The van der Waals surface area contributed by atoms with Crippen LogP contribution >= 0.6 is 0 Å². The van der Waals surface area contributed by atoms with Crippen LogP contribution in [0, 0.1) is 11.7 Å². The van der Waals surface area contributed by atoms with Crippen molar-refractivity contribution in [1.29, 1.82) is 0 Å². The molecular formula is C18H24FN3. The lowest BCUT2D eigenvalue weighted by molar-refractivity contribution is 0.157. The smallest absolute Gasteiger partial charge is 0.126 e. The summed E-state index contributed by atoms with van der Waals surface area (Å²) in [6.45, 7) is 3.16. The molecule has 0 aliphatic carbocycles. The fraction of sp³-hybridized carbons (Fsp3) is 0.500. The molecule has 2 aromatic rings. The third-order valence-electron chi connectivity index (χ3n) is 4.67. The van der Waals surface area contributed by atoms with Crippen LogP contribution in [0.2, 0.25) is 0 Å². The van der Waals surface area contributed by atoms with Crippen molar-refractivity contribution in [2.45, 2.75) is 32.2 Å². The molecule has 4 heteroatoms.